The van der Waals surface area contributed by atoms with Gasteiger partial charge in [0.05, 0.1) is 5.69 Å². The van der Waals surface area contributed by atoms with Crippen molar-refractivity contribution in [2.75, 3.05) is 18.0 Å². The average molecular weight is 285 g/mol. The van der Waals surface area contributed by atoms with Crippen molar-refractivity contribution in [1.82, 2.24) is 10.2 Å². The molecule has 0 N–H and O–H groups in total. The van der Waals surface area contributed by atoms with Crippen LogP contribution >= 0.6 is 0 Å². The number of anilines is 1. The molecule has 0 amide bonds. The van der Waals surface area contributed by atoms with Crippen LogP contribution in [0.5, 0.6) is 0 Å². The number of nitrogens with zero attached hydrogens (tertiary/aromatic N) is 3. The molecule has 21 heavy (non-hydrogen) atoms. The Morgan fingerprint density at radius 1 is 0.905 bits per heavy atom. The van der Waals surface area contributed by atoms with Crippen LogP contribution in [0.1, 0.15) is 30.4 Å². The molecule has 1 aromatic carbocycles. The highest BCUT2D eigenvalue weighted by atomic mass is 19.1. The Hall–Kier alpha value is -1.97. The Bertz CT molecular complexity index is 631. The molecule has 0 saturated carbocycles. The van der Waals surface area contributed by atoms with Gasteiger partial charge < -0.3 is 4.90 Å². The summed E-state index contributed by atoms with van der Waals surface area (Å²) in [6.07, 6.45) is 3.75. The van der Waals surface area contributed by atoms with Crippen molar-refractivity contribution in [2.24, 2.45) is 0 Å². The van der Waals surface area contributed by atoms with Gasteiger partial charge in [0.25, 0.3) is 0 Å². The second kappa shape index (κ2) is 5.80. The Morgan fingerprint density at radius 3 is 2.24 bits per heavy atom. The van der Waals surface area contributed by atoms with Crippen LogP contribution in [0.2, 0.25) is 0 Å². The van der Waals surface area contributed by atoms with Crippen LogP contribution in [0.3, 0.4) is 0 Å². The normalized spacial score (nSPS) is 15.3. The highest BCUT2D eigenvalue weighted by Crippen LogP contribution is 2.29. The van der Waals surface area contributed by atoms with Crippen molar-refractivity contribution < 1.29 is 4.39 Å². The van der Waals surface area contributed by atoms with Gasteiger partial charge in [-0.25, -0.2) is 4.39 Å². The Morgan fingerprint density at radius 2 is 1.57 bits per heavy atom. The molecule has 0 atom stereocenters. The minimum absolute atomic E-state index is 0.231. The molecule has 3 rings (SSSR count). The summed E-state index contributed by atoms with van der Waals surface area (Å²) in [4.78, 5) is 2.33. The number of benzene rings is 1. The first kappa shape index (κ1) is 14.0. The van der Waals surface area contributed by atoms with E-state index in [1.165, 1.54) is 37.0 Å². The van der Waals surface area contributed by atoms with E-state index in [2.05, 4.69) is 28.9 Å². The maximum Gasteiger partial charge on any atom is 0.154 e. The van der Waals surface area contributed by atoms with Gasteiger partial charge >= 0.3 is 0 Å². The van der Waals surface area contributed by atoms with E-state index in [0.717, 1.165) is 35.7 Å². The van der Waals surface area contributed by atoms with E-state index in [0.29, 0.717) is 0 Å². The van der Waals surface area contributed by atoms with Gasteiger partial charge in [-0.1, -0.05) is 0 Å². The third-order valence-corrected chi connectivity index (χ3v) is 4.27. The van der Waals surface area contributed by atoms with Crippen LogP contribution < -0.4 is 4.90 Å². The quantitative estimate of drug-likeness (QED) is 0.838. The second-order valence-electron chi connectivity index (χ2n) is 5.68. The third kappa shape index (κ3) is 2.75. The average Bonchev–Trinajstić information content (AvgIpc) is 2.52. The van der Waals surface area contributed by atoms with Crippen LogP contribution in [-0.2, 0) is 0 Å². The molecule has 0 spiro atoms. The number of hydrogen-bond acceptors (Lipinski definition) is 3. The maximum atomic E-state index is 13.0. The van der Waals surface area contributed by atoms with Gasteiger partial charge in [-0.2, -0.15) is 0 Å². The Labute approximate surface area is 124 Å². The predicted octanol–water partition coefficient (Wildman–Crippen LogP) is 3.89. The van der Waals surface area contributed by atoms with Gasteiger partial charge in [0.1, 0.15) is 5.82 Å². The van der Waals surface area contributed by atoms with Gasteiger partial charge in [0.15, 0.2) is 5.82 Å². The monoisotopic (exact) mass is 285 g/mol. The van der Waals surface area contributed by atoms with Crippen LogP contribution in [0.15, 0.2) is 24.3 Å². The molecule has 4 heteroatoms. The summed E-state index contributed by atoms with van der Waals surface area (Å²) in [5, 5.41) is 8.84. The van der Waals surface area contributed by atoms with Crippen molar-refractivity contribution in [1.29, 1.82) is 0 Å². The Kier molecular flexibility index (Phi) is 3.86. The molecule has 1 fully saturated rings. The molecule has 2 heterocycles. The van der Waals surface area contributed by atoms with Crippen molar-refractivity contribution in [3.8, 4) is 11.3 Å². The predicted molar refractivity (Wildman–Crippen MR) is 83.0 cm³/mol. The molecule has 1 saturated heterocycles. The summed E-state index contributed by atoms with van der Waals surface area (Å²) in [5.41, 5.74) is 4.05. The van der Waals surface area contributed by atoms with Gasteiger partial charge in [-0.3, -0.25) is 0 Å². The summed E-state index contributed by atoms with van der Waals surface area (Å²) in [6, 6.07) is 6.44. The summed E-state index contributed by atoms with van der Waals surface area (Å²) >= 11 is 0. The lowest BCUT2D eigenvalue weighted by Gasteiger charge is -2.29. The molecule has 0 bridgehead atoms. The van der Waals surface area contributed by atoms with E-state index in [-0.39, 0.29) is 5.82 Å². The molecule has 2 aromatic rings. The molecule has 1 aromatic heterocycles. The van der Waals surface area contributed by atoms with Gasteiger partial charge in [0.2, 0.25) is 0 Å². The highest BCUT2D eigenvalue weighted by Gasteiger charge is 2.18. The topological polar surface area (TPSA) is 29.0 Å². The molecule has 0 unspecified atom stereocenters. The first-order chi connectivity index (χ1) is 10.2. The maximum absolute atomic E-state index is 13.0. The van der Waals surface area contributed by atoms with E-state index in [4.69, 9.17) is 0 Å². The van der Waals surface area contributed by atoms with E-state index in [1.807, 2.05) is 0 Å². The fourth-order valence-electron chi connectivity index (χ4n) is 2.88. The van der Waals surface area contributed by atoms with E-state index < -0.39 is 0 Å². The number of aromatic nitrogens is 2. The largest absolute Gasteiger partial charge is 0.355 e. The summed E-state index contributed by atoms with van der Waals surface area (Å²) in [7, 11) is 0. The van der Waals surface area contributed by atoms with Gasteiger partial charge in [0, 0.05) is 18.7 Å². The van der Waals surface area contributed by atoms with Crippen molar-refractivity contribution in [2.45, 2.75) is 33.1 Å². The van der Waals surface area contributed by atoms with Gasteiger partial charge in [-0.05, 0) is 68.5 Å². The minimum Gasteiger partial charge on any atom is -0.355 e. The van der Waals surface area contributed by atoms with Crippen LogP contribution in [0, 0.1) is 19.7 Å². The molecular formula is C17H20FN3. The minimum atomic E-state index is -0.231. The zero-order valence-corrected chi connectivity index (χ0v) is 12.6. The van der Waals surface area contributed by atoms with Crippen molar-refractivity contribution >= 4 is 5.82 Å². The van der Waals surface area contributed by atoms with E-state index in [9.17, 15) is 4.39 Å². The smallest absolute Gasteiger partial charge is 0.154 e. The second-order valence-corrected chi connectivity index (χ2v) is 5.68. The van der Waals surface area contributed by atoms with E-state index >= 15 is 0 Å². The lowest BCUT2D eigenvalue weighted by atomic mass is 10.0. The molecule has 1 aliphatic heterocycles. The number of hydrogen-bond donors (Lipinski definition) is 0. The number of piperidine rings is 1. The lowest BCUT2D eigenvalue weighted by Crippen LogP contribution is -2.31. The first-order valence-corrected chi connectivity index (χ1v) is 7.51. The van der Waals surface area contributed by atoms with Crippen LogP contribution in [0.4, 0.5) is 10.2 Å². The highest BCUT2D eigenvalue weighted by molar-refractivity contribution is 5.66. The fourth-order valence-corrected chi connectivity index (χ4v) is 2.88. The number of rotatable bonds is 2. The van der Waals surface area contributed by atoms with Crippen LogP contribution in [0.25, 0.3) is 11.3 Å². The SMILES string of the molecule is Cc1c(-c2ccc(F)cc2)nnc(N2CCCCC2)c1C. The van der Waals surface area contributed by atoms with Gasteiger partial charge in [-0.15, -0.1) is 10.2 Å². The molecular weight excluding hydrogens is 265 g/mol. The molecule has 110 valence electrons. The molecule has 1 aliphatic rings. The standard InChI is InChI=1S/C17H20FN3/c1-12-13(2)17(21-10-4-3-5-11-21)20-19-16(12)14-6-8-15(18)9-7-14/h6-9H,3-5,10-11H2,1-2H3. The fraction of sp³-hybridized carbons (Fsp3) is 0.412. The lowest BCUT2D eigenvalue weighted by molar-refractivity contribution is 0.570. The van der Waals surface area contributed by atoms with Crippen molar-refractivity contribution in [3.63, 3.8) is 0 Å². The molecule has 0 radical (unpaired) electrons. The van der Waals surface area contributed by atoms with Crippen LogP contribution in [-0.4, -0.2) is 23.3 Å². The van der Waals surface area contributed by atoms with E-state index in [1.54, 1.807) is 12.1 Å². The summed E-state index contributed by atoms with van der Waals surface area (Å²) in [6.45, 7) is 6.28. The first-order valence-electron chi connectivity index (χ1n) is 7.51. The third-order valence-electron chi connectivity index (χ3n) is 4.27. The summed E-state index contributed by atoms with van der Waals surface area (Å²) in [5.74, 6) is 0.768. The Balaban J connectivity index is 1.97. The zero-order valence-electron chi connectivity index (χ0n) is 12.6. The van der Waals surface area contributed by atoms with Crippen molar-refractivity contribution in [3.05, 3.63) is 41.2 Å². The molecule has 3 nitrogen and oxygen atoms in total. The summed E-state index contributed by atoms with van der Waals surface area (Å²) < 4.78 is 13.0. The molecule has 0 aliphatic carbocycles. The zero-order chi connectivity index (χ0) is 14.8. The number of halogens is 1.